The van der Waals surface area contributed by atoms with Gasteiger partial charge in [0.1, 0.15) is 12.4 Å². The van der Waals surface area contributed by atoms with E-state index in [1.165, 1.54) is 13.1 Å². The molecule has 2 N–H and O–H groups in total. The van der Waals surface area contributed by atoms with Crippen molar-refractivity contribution in [1.29, 1.82) is 0 Å². The van der Waals surface area contributed by atoms with Gasteiger partial charge >= 0.3 is 6.09 Å². The summed E-state index contributed by atoms with van der Waals surface area (Å²) < 4.78 is 19.1. The fourth-order valence-electron chi connectivity index (χ4n) is 2.10. The molecule has 1 heterocycles. The number of hydrogen-bond acceptors (Lipinski definition) is 4. The number of benzene rings is 1. The lowest BCUT2D eigenvalue weighted by molar-refractivity contribution is 0.173. The van der Waals surface area contributed by atoms with E-state index in [0.717, 1.165) is 11.3 Å². The molecular formula is C16H16FN3O2. The first-order valence-electron chi connectivity index (χ1n) is 6.62. The maximum absolute atomic E-state index is 14.4. The van der Waals surface area contributed by atoms with Crippen molar-refractivity contribution in [3.63, 3.8) is 0 Å². The van der Waals surface area contributed by atoms with Crippen LogP contribution in [-0.4, -0.2) is 30.4 Å². The van der Waals surface area contributed by atoms with Gasteiger partial charge in [-0.2, -0.15) is 0 Å². The number of carbonyl (C=O) groups excluding carboxylic acids is 1. The Morgan fingerprint density at radius 1 is 1.36 bits per heavy atom. The molecule has 0 unspecified atom stereocenters. The van der Waals surface area contributed by atoms with Crippen LogP contribution < -0.4 is 5.73 Å². The van der Waals surface area contributed by atoms with E-state index < -0.39 is 11.9 Å². The summed E-state index contributed by atoms with van der Waals surface area (Å²) in [6.45, 7) is 1.72. The molecule has 5 nitrogen and oxygen atoms in total. The number of nitrogens with two attached hydrogens (primary N) is 1. The zero-order chi connectivity index (χ0) is 16.1. The minimum Gasteiger partial charge on any atom is -0.443 e. The van der Waals surface area contributed by atoms with Gasteiger partial charge in [0.05, 0.1) is 5.71 Å². The van der Waals surface area contributed by atoms with Crippen molar-refractivity contribution in [2.45, 2.75) is 6.92 Å². The number of primary amides is 1. The van der Waals surface area contributed by atoms with Crippen LogP contribution in [0.25, 0.3) is 11.1 Å². The molecular weight excluding hydrogens is 285 g/mol. The lowest BCUT2D eigenvalue weighted by atomic mass is 10.0. The van der Waals surface area contributed by atoms with E-state index in [9.17, 15) is 9.18 Å². The summed E-state index contributed by atoms with van der Waals surface area (Å²) in [7, 11) is 1.54. The van der Waals surface area contributed by atoms with Gasteiger partial charge in [0.2, 0.25) is 0 Å². The standard InChI is InChI=1S/C16H16FN3O2/c1-10-12(4-3-7-20-10)13-6-5-11(8-14(13)17)15(19-2)9-22-16(18)21/h3-8H,9H2,1-2H3,(H2,18,21). The van der Waals surface area contributed by atoms with Crippen LogP contribution in [0.1, 0.15) is 11.3 Å². The summed E-state index contributed by atoms with van der Waals surface area (Å²) in [5.41, 5.74) is 7.83. The summed E-state index contributed by atoms with van der Waals surface area (Å²) in [6.07, 6.45) is 0.762. The van der Waals surface area contributed by atoms with Gasteiger partial charge in [0, 0.05) is 35.6 Å². The quantitative estimate of drug-likeness (QED) is 0.882. The molecule has 0 saturated heterocycles. The minimum atomic E-state index is -0.899. The van der Waals surface area contributed by atoms with Crippen molar-refractivity contribution in [2.24, 2.45) is 10.7 Å². The normalized spacial score (nSPS) is 11.3. The van der Waals surface area contributed by atoms with Gasteiger partial charge in [-0.25, -0.2) is 9.18 Å². The summed E-state index contributed by atoms with van der Waals surface area (Å²) >= 11 is 0. The largest absolute Gasteiger partial charge is 0.443 e. The fraction of sp³-hybridized carbons (Fsp3) is 0.188. The van der Waals surface area contributed by atoms with E-state index in [4.69, 9.17) is 10.5 Å². The molecule has 0 radical (unpaired) electrons. The zero-order valence-electron chi connectivity index (χ0n) is 12.3. The van der Waals surface area contributed by atoms with Crippen LogP contribution in [0, 0.1) is 12.7 Å². The third kappa shape index (κ3) is 3.46. The van der Waals surface area contributed by atoms with Crippen LogP contribution >= 0.6 is 0 Å². The summed E-state index contributed by atoms with van der Waals surface area (Å²) in [5, 5.41) is 0. The van der Waals surface area contributed by atoms with E-state index >= 15 is 0 Å². The van der Waals surface area contributed by atoms with E-state index in [2.05, 4.69) is 9.98 Å². The number of nitrogens with zero attached hydrogens (tertiary/aromatic N) is 2. The number of ether oxygens (including phenoxy) is 1. The van der Waals surface area contributed by atoms with Crippen LogP contribution in [0.4, 0.5) is 9.18 Å². The molecule has 0 spiro atoms. The molecule has 0 aliphatic heterocycles. The molecule has 0 fully saturated rings. The van der Waals surface area contributed by atoms with Crippen molar-refractivity contribution in [3.8, 4) is 11.1 Å². The Hall–Kier alpha value is -2.76. The second-order valence-corrected chi connectivity index (χ2v) is 4.61. The highest BCUT2D eigenvalue weighted by atomic mass is 19.1. The highest BCUT2D eigenvalue weighted by Gasteiger charge is 2.12. The summed E-state index contributed by atoms with van der Waals surface area (Å²) in [6, 6.07) is 8.30. The molecule has 114 valence electrons. The van der Waals surface area contributed by atoms with Crippen LogP contribution in [0.2, 0.25) is 0 Å². The maximum atomic E-state index is 14.4. The maximum Gasteiger partial charge on any atom is 0.404 e. The molecule has 0 saturated carbocycles. The van der Waals surface area contributed by atoms with Gasteiger partial charge < -0.3 is 10.5 Å². The molecule has 6 heteroatoms. The Labute approximate surface area is 127 Å². The molecule has 0 aliphatic rings. The van der Waals surface area contributed by atoms with Crippen molar-refractivity contribution in [1.82, 2.24) is 4.98 Å². The van der Waals surface area contributed by atoms with E-state index in [1.807, 2.05) is 13.0 Å². The van der Waals surface area contributed by atoms with Crippen LogP contribution in [0.15, 0.2) is 41.5 Å². The molecule has 22 heavy (non-hydrogen) atoms. The molecule has 1 amide bonds. The first-order chi connectivity index (χ1) is 10.5. The van der Waals surface area contributed by atoms with E-state index in [0.29, 0.717) is 16.8 Å². The lowest BCUT2D eigenvalue weighted by Crippen LogP contribution is -2.19. The van der Waals surface area contributed by atoms with Gasteiger partial charge in [-0.15, -0.1) is 0 Å². The fourth-order valence-corrected chi connectivity index (χ4v) is 2.10. The molecule has 1 aromatic heterocycles. The predicted molar refractivity (Wildman–Crippen MR) is 82.4 cm³/mol. The van der Waals surface area contributed by atoms with Crippen molar-refractivity contribution < 1.29 is 13.9 Å². The van der Waals surface area contributed by atoms with Gasteiger partial charge in [0.25, 0.3) is 0 Å². The average molecular weight is 301 g/mol. The molecule has 1 aromatic carbocycles. The number of pyridine rings is 1. The van der Waals surface area contributed by atoms with Crippen molar-refractivity contribution in [2.75, 3.05) is 13.7 Å². The predicted octanol–water partition coefficient (Wildman–Crippen LogP) is 2.71. The number of aliphatic imine (C=N–C) groups is 1. The van der Waals surface area contributed by atoms with E-state index in [1.54, 1.807) is 24.4 Å². The number of aryl methyl sites for hydroxylation is 1. The number of aromatic nitrogens is 1. The SMILES string of the molecule is CN=C(COC(N)=O)c1ccc(-c2cccnc2C)c(F)c1. The molecule has 2 aromatic rings. The number of halogens is 1. The molecule has 0 aliphatic carbocycles. The number of amides is 1. The Morgan fingerprint density at radius 3 is 2.73 bits per heavy atom. The van der Waals surface area contributed by atoms with E-state index in [-0.39, 0.29) is 6.61 Å². The van der Waals surface area contributed by atoms with Crippen LogP contribution in [0.5, 0.6) is 0 Å². The van der Waals surface area contributed by atoms with Gasteiger partial charge in [0.15, 0.2) is 0 Å². The first-order valence-corrected chi connectivity index (χ1v) is 6.62. The Bertz CT molecular complexity index is 729. The van der Waals surface area contributed by atoms with Crippen LogP contribution in [-0.2, 0) is 4.74 Å². The topological polar surface area (TPSA) is 77.6 Å². The monoisotopic (exact) mass is 301 g/mol. The van der Waals surface area contributed by atoms with Gasteiger partial charge in [-0.1, -0.05) is 18.2 Å². The summed E-state index contributed by atoms with van der Waals surface area (Å²) in [4.78, 5) is 18.8. The number of carbonyl (C=O) groups is 1. The highest BCUT2D eigenvalue weighted by molar-refractivity contribution is 6.02. The Morgan fingerprint density at radius 2 is 2.14 bits per heavy atom. The average Bonchev–Trinajstić information content (AvgIpc) is 2.49. The summed E-state index contributed by atoms with van der Waals surface area (Å²) in [5.74, 6) is -0.395. The minimum absolute atomic E-state index is 0.101. The molecule has 2 rings (SSSR count). The van der Waals surface area contributed by atoms with Crippen molar-refractivity contribution in [3.05, 3.63) is 53.6 Å². The number of hydrogen-bond donors (Lipinski definition) is 1. The van der Waals surface area contributed by atoms with Gasteiger partial charge in [-0.05, 0) is 19.1 Å². The third-order valence-electron chi connectivity index (χ3n) is 3.22. The second-order valence-electron chi connectivity index (χ2n) is 4.61. The molecule has 0 bridgehead atoms. The highest BCUT2D eigenvalue weighted by Crippen LogP contribution is 2.25. The third-order valence-corrected chi connectivity index (χ3v) is 3.22. The zero-order valence-corrected chi connectivity index (χ0v) is 12.3. The number of rotatable bonds is 4. The molecule has 0 atom stereocenters. The Kier molecular flexibility index (Phi) is 4.83. The van der Waals surface area contributed by atoms with Crippen molar-refractivity contribution >= 4 is 11.8 Å². The smallest absolute Gasteiger partial charge is 0.404 e. The lowest BCUT2D eigenvalue weighted by Gasteiger charge is -2.10. The Balaban J connectivity index is 2.34. The van der Waals surface area contributed by atoms with Crippen LogP contribution in [0.3, 0.4) is 0 Å². The second kappa shape index (κ2) is 6.80. The first kappa shape index (κ1) is 15.6. The van der Waals surface area contributed by atoms with Gasteiger partial charge in [-0.3, -0.25) is 9.98 Å².